The van der Waals surface area contributed by atoms with Crippen LogP contribution in [0.4, 0.5) is 11.6 Å². The van der Waals surface area contributed by atoms with Crippen LogP contribution in [0.5, 0.6) is 0 Å². The second kappa shape index (κ2) is 10.8. The van der Waals surface area contributed by atoms with E-state index >= 15 is 0 Å². The first-order valence-electron chi connectivity index (χ1n) is 11.4. The second-order valence-corrected chi connectivity index (χ2v) is 8.49. The molecule has 3 aromatic heterocycles. The number of benzene rings is 1. The van der Waals surface area contributed by atoms with Gasteiger partial charge in [0.2, 0.25) is 5.91 Å². The summed E-state index contributed by atoms with van der Waals surface area (Å²) < 4.78 is 1.82. The summed E-state index contributed by atoms with van der Waals surface area (Å²) in [6.07, 6.45) is 8.27. The number of pyridine rings is 1. The van der Waals surface area contributed by atoms with Gasteiger partial charge in [0, 0.05) is 42.3 Å². The lowest BCUT2D eigenvalue weighted by molar-refractivity contribution is -0.116. The SMILES string of the molecule is Cc1cc(C(=O)Nc2ccccn2)ccc1-c1nc(CNC(=O)/C=C/CN(C)C)n2ccnc(N)c12. The standard InChI is InChI=1S/C26H28N8O2/c1-17-15-18(26(36)31-20-7-4-5-11-28-20)9-10-19(17)23-24-25(27)29-12-14-34(24)21(32-23)16-30-22(35)8-6-13-33(2)3/h4-12,14-15H,13,16H2,1-3H3,(H2,27,29)(H,30,35)(H,28,31,36)/b8-6+. The van der Waals surface area contributed by atoms with Gasteiger partial charge in [-0.25, -0.2) is 15.0 Å². The highest BCUT2D eigenvalue weighted by molar-refractivity contribution is 6.04. The van der Waals surface area contributed by atoms with E-state index in [4.69, 9.17) is 10.7 Å². The maximum absolute atomic E-state index is 12.7. The fourth-order valence-corrected chi connectivity index (χ4v) is 3.73. The van der Waals surface area contributed by atoms with Gasteiger partial charge in [-0.1, -0.05) is 18.2 Å². The number of hydrogen-bond acceptors (Lipinski definition) is 7. The van der Waals surface area contributed by atoms with E-state index in [0.717, 1.165) is 11.1 Å². The molecular weight excluding hydrogens is 456 g/mol. The Labute approximate surface area is 208 Å². The van der Waals surface area contributed by atoms with Gasteiger partial charge in [0.05, 0.1) is 6.54 Å². The van der Waals surface area contributed by atoms with E-state index in [2.05, 4.69) is 20.6 Å². The van der Waals surface area contributed by atoms with E-state index in [1.54, 1.807) is 55.0 Å². The first-order valence-corrected chi connectivity index (χ1v) is 11.4. The van der Waals surface area contributed by atoms with E-state index in [1.165, 1.54) is 6.08 Å². The van der Waals surface area contributed by atoms with Crippen molar-refractivity contribution in [3.8, 4) is 11.3 Å². The minimum Gasteiger partial charge on any atom is -0.382 e. The molecule has 184 valence electrons. The number of imidazole rings is 1. The van der Waals surface area contributed by atoms with E-state index in [0.29, 0.717) is 40.8 Å². The lowest BCUT2D eigenvalue weighted by atomic mass is 10.0. The lowest BCUT2D eigenvalue weighted by Gasteiger charge is -2.09. The Kier molecular flexibility index (Phi) is 7.36. The van der Waals surface area contributed by atoms with Crippen molar-refractivity contribution in [2.45, 2.75) is 13.5 Å². The monoisotopic (exact) mass is 484 g/mol. The quantitative estimate of drug-likeness (QED) is 0.328. The Morgan fingerprint density at radius 1 is 1.14 bits per heavy atom. The van der Waals surface area contributed by atoms with Gasteiger partial charge < -0.3 is 21.3 Å². The zero-order valence-corrected chi connectivity index (χ0v) is 20.4. The van der Waals surface area contributed by atoms with Crippen molar-refractivity contribution in [1.29, 1.82) is 0 Å². The maximum atomic E-state index is 12.7. The number of fused-ring (bicyclic) bond motifs is 1. The molecule has 0 bridgehead atoms. The summed E-state index contributed by atoms with van der Waals surface area (Å²) in [6, 6.07) is 10.7. The average molecular weight is 485 g/mol. The summed E-state index contributed by atoms with van der Waals surface area (Å²) in [5, 5.41) is 5.65. The molecule has 0 saturated carbocycles. The van der Waals surface area contributed by atoms with Crippen molar-refractivity contribution in [3.63, 3.8) is 0 Å². The van der Waals surface area contributed by atoms with Crippen molar-refractivity contribution in [2.24, 2.45) is 0 Å². The van der Waals surface area contributed by atoms with Crippen LogP contribution in [0.15, 0.2) is 67.1 Å². The first-order chi connectivity index (χ1) is 17.3. The minimum atomic E-state index is -0.259. The number of nitrogens with one attached hydrogen (secondary N) is 2. The van der Waals surface area contributed by atoms with E-state index in [1.807, 2.05) is 36.4 Å². The first kappa shape index (κ1) is 24.6. The van der Waals surface area contributed by atoms with Gasteiger partial charge in [0.25, 0.3) is 5.91 Å². The van der Waals surface area contributed by atoms with E-state index < -0.39 is 0 Å². The number of aromatic nitrogens is 4. The number of aryl methyl sites for hydroxylation is 1. The largest absolute Gasteiger partial charge is 0.382 e. The molecule has 0 atom stereocenters. The van der Waals surface area contributed by atoms with Crippen LogP contribution in [-0.4, -0.2) is 56.7 Å². The van der Waals surface area contributed by atoms with Gasteiger partial charge in [0.1, 0.15) is 28.7 Å². The summed E-state index contributed by atoms with van der Waals surface area (Å²) in [7, 11) is 3.86. The van der Waals surface area contributed by atoms with Crippen molar-refractivity contribution >= 4 is 29.0 Å². The normalized spacial score (nSPS) is 11.3. The zero-order chi connectivity index (χ0) is 25.7. The lowest BCUT2D eigenvalue weighted by Crippen LogP contribution is -2.22. The fraction of sp³-hybridized carbons (Fsp3) is 0.192. The summed E-state index contributed by atoms with van der Waals surface area (Å²) >= 11 is 0. The zero-order valence-electron chi connectivity index (χ0n) is 20.4. The number of hydrogen-bond donors (Lipinski definition) is 3. The second-order valence-electron chi connectivity index (χ2n) is 8.49. The third kappa shape index (κ3) is 5.56. The Morgan fingerprint density at radius 2 is 1.97 bits per heavy atom. The van der Waals surface area contributed by atoms with Crippen LogP contribution < -0.4 is 16.4 Å². The third-order valence-corrected chi connectivity index (χ3v) is 5.47. The van der Waals surface area contributed by atoms with Crippen LogP contribution in [0, 0.1) is 6.92 Å². The molecule has 2 amide bonds. The van der Waals surface area contributed by atoms with Crippen LogP contribution in [0.2, 0.25) is 0 Å². The highest BCUT2D eigenvalue weighted by Gasteiger charge is 2.19. The van der Waals surface area contributed by atoms with Crippen molar-refractivity contribution < 1.29 is 9.59 Å². The number of anilines is 2. The third-order valence-electron chi connectivity index (χ3n) is 5.47. The smallest absolute Gasteiger partial charge is 0.256 e. The molecule has 0 radical (unpaired) electrons. The molecule has 4 aromatic rings. The molecule has 36 heavy (non-hydrogen) atoms. The van der Waals surface area contributed by atoms with Crippen molar-refractivity contribution in [3.05, 3.63) is 84.1 Å². The highest BCUT2D eigenvalue weighted by atomic mass is 16.2. The van der Waals surface area contributed by atoms with Crippen molar-refractivity contribution in [2.75, 3.05) is 31.7 Å². The Hall–Kier alpha value is -4.57. The summed E-state index contributed by atoms with van der Waals surface area (Å²) in [5.41, 5.74) is 9.64. The van der Waals surface area contributed by atoms with Crippen LogP contribution in [-0.2, 0) is 11.3 Å². The summed E-state index contributed by atoms with van der Waals surface area (Å²) in [5.74, 6) is 0.938. The number of carbonyl (C=O) groups is 2. The van der Waals surface area contributed by atoms with Crippen LogP contribution in [0.3, 0.4) is 0 Å². The van der Waals surface area contributed by atoms with E-state index in [9.17, 15) is 9.59 Å². The molecule has 1 aromatic carbocycles. The predicted molar refractivity (Wildman–Crippen MR) is 139 cm³/mol. The van der Waals surface area contributed by atoms with Gasteiger partial charge >= 0.3 is 0 Å². The molecule has 4 N–H and O–H groups in total. The fourth-order valence-electron chi connectivity index (χ4n) is 3.73. The molecule has 0 unspecified atom stereocenters. The molecule has 10 heteroatoms. The summed E-state index contributed by atoms with van der Waals surface area (Å²) in [6.45, 7) is 2.78. The Morgan fingerprint density at radius 3 is 2.69 bits per heavy atom. The molecule has 0 saturated heterocycles. The molecule has 10 nitrogen and oxygen atoms in total. The van der Waals surface area contributed by atoms with E-state index in [-0.39, 0.29) is 18.4 Å². The van der Waals surface area contributed by atoms with Gasteiger partial charge in [-0.15, -0.1) is 0 Å². The molecule has 3 heterocycles. The number of nitrogen functional groups attached to an aromatic ring is 1. The molecule has 0 spiro atoms. The average Bonchev–Trinajstić information content (AvgIpc) is 3.22. The van der Waals surface area contributed by atoms with Crippen LogP contribution in [0.25, 0.3) is 16.8 Å². The number of amides is 2. The van der Waals surface area contributed by atoms with Crippen LogP contribution >= 0.6 is 0 Å². The van der Waals surface area contributed by atoms with Gasteiger partial charge in [-0.3, -0.25) is 14.0 Å². The van der Waals surface area contributed by atoms with Gasteiger partial charge in [-0.2, -0.15) is 0 Å². The predicted octanol–water partition coefficient (Wildman–Crippen LogP) is 2.67. The van der Waals surface area contributed by atoms with Crippen LogP contribution in [0.1, 0.15) is 21.7 Å². The molecular formula is C26H28N8O2. The number of nitrogens with two attached hydrogens (primary N) is 1. The number of rotatable bonds is 8. The Balaban J connectivity index is 1.60. The Bertz CT molecular complexity index is 1430. The minimum absolute atomic E-state index is 0.208. The topological polar surface area (TPSA) is 131 Å². The number of likely N-dealkylation sites (N-methyl/N-ethyl adjacent to an activating group) is 1. The molecule has 0 aliphatic rings. The van der Waals surface area contributed by atoms with Gasteiger partial charge in [-0.05, 0) is 50.8 Å². The highest BCUT2D eigenvalue weighted by Crippen LogP contribution is 2.31. The molecule has 0 aliphatic heterocycles. The summed E-state index contributed by atoms with van der Waals surface area (Å²) in [4.78, 5) is 40.0. The molecule has 0 aliphatic carbocycles. The van der Waals surface area contributed by atoms with Crippen molar-refractivity contribution in [1.82, 2.24) is 29.6 Å². The maximum Gasteiger partial charge on any atom is 0.256 e. The molecule has 4 rings (SSSR count). The van der Waals surface area contributed by atoms with Gasteiger partial charge in [0.15, 0.2) is 0 Å². The number of carbonyl (C=O) groups excluding carboxylic acids is 2. The number of nitrogens with zero attached hydrogens (tertiary/aromatic N) is 5. The molecule has 0 fully saturated rings.